The molecule has 0 heterocycles. The first kappa shape index (κ1) is 19.2. The number of hydrogen-bond donors (Lipinski definition) is 2. The first-order valence-electron chi connectivity index (χ1n) is 7.18. The molecule has 0 amide bonds. The zero-order chi connectivity index (χ0) is 13.6. The summed E-state index contributed by atoms with van der Waals surface area (Å²) in [6.07, 6.45) is 6.26. The number of sulfonamides is 1. The van der Waals surface area contributed by atoms with Gasteiger partial charge >= 0.3 is 0 Å². The predicted octanol–water partition coefficient (Wildman–Crippen LogP) is 2.28. The Balaban J connectivity index is 0.00000324. The lowest BCUT2D eigenvalue weighted by atomic mass is 9.85. The molecule has 3 N–H and O–H groups in total. The molecular weight excluding hydrogens is 284 g/mol. The highest BCUT2D eigenvalue weighted by Gasteiger charge is 2.28. The van der Waals surface area contributed by atoms with Gasteiger partial charge in [0.05, 0.1) is 5.75 Å². The Kier molecular flexibility index (Phi) is 9.24. The molecule has 0 bridgehead atoms. The highest BCUT2D eigenvalue weighted by atomic mass is 35.5. The van der Waals surface area contributed by atoms with Crippen LogP contribution >= 0.6 is 12.4 Å². The third-order valence-corrected chi connectivity index (χ3v) is 5.50. The van der Waals surface area contributed by atoms with Crippen LogP contribution in [0.15, 0.2) is 0 Å². The van der Waals surface area contributed by atoms with E-state index in [2.05, 4.69) is 11.6 Å². The van der Waals surface area contributed by atoms with Crippen LogP contribution in [0.5, 0.6) is 0 Å². The molecule has 1 fully saturated rings. The zero-order valence-corrected chi connectivity index (χ0v) is 13.7. The molecule has 0 aromatic heterocycles. The molecule has 4 nitrogen and oxygen atoms in total. The molecule has 1 aliphatic rings. The number of hydrogen-bond acceptors (Lipinski definition) is 3. The van der Waals surface area contributed by atoms with Crippen molar-refractivity contribution in [2.45, 2.75) is 58.4 Å². The summed E-state index contributed by atoms with van der Waals surface area (Å²) >= 11 is 0. The summed E-state index contributed by atoms with van der Waals surface area (Å²) in [4.78, 5) is 0. The first-order valence-corrected chi connectivity index (χ1v) is 8.83. The Morgan fingerprint density at radius 3 is 2.53 bits per heavy atom. The normalized spacial score (nSPS) is 25.6. The van der Waals surface area contributed by atoms with Crippen molar-refractivity contribution in [1.82, 2.24) is 4.72 Å². The Labute approximate surface area is 124 Å². The molecule has 0 spiro atoms. The maximum absolute atomic E-state index is 12.1. The summed E-state index contributed by atoms with van der Waals surface area (Å²) in [6, 6.07) is 0.0579. The SMILES string of the molecule is CCCC(C)CS(=O)(=O)NC1CCCCC1CN.Cl. The summed E-state index contributed by atoms with van der Waals surface area (Å²) in [5.41, 5.74) is 5.73. The number of nitrogens with two attached hydrogens (primary N) is 1. The Hall–Kier alpha value is 0.160. The van der Waals surface area contributed by atoms with E-state index in [4.69, 9.17) is 5.73 Å². The average molecular weight is 313 g/mol. The minimum Gasteiger partial charge on any atom is -0.330 e. The van der Waals surface area contributed by atoms with E-state index < -0.39 is 10.0 Å². The average Bonchev–Trinajstić information content (AvgIpc) is 2.28. The Morgan fingerprint density at radius 2 is 1.95 bits per heavy atom. The lowest BCUT2D eigenvalue weighted by Gasteiger charge is -2.31. The van der Waals surface area contributed by atoms with Crippen molar-refractivity contribution >= 4 is 22.4 Å². The Bertz CT molecular complexity index is 336. The van der Waals surface area contributed by atoms with Crippen LogP contribution in [0.1, 0.15) is 52.4 Å². The van der Waals surface area contributed by atoms with E-state index in [1.807, 2.05) is 6.92 Å². The highest BCUT2D eigenvalue weighted by Crippen LogP contribution is 2.24. The third kappa shape index (κ3) is 6.93. The van der Waals surface area contributed by atoms with Gasteiger partial charge < -0.3 is 5.73 Å². The van der Waals surface area contributed by atoms with E-state index in [1.54, 1.807) is 0 Å². The first-order chi connectivity index (χ1) is 8.48. The maximum atomic E-state index is 12.1. The molecule has 0 radical (unpaired) electrons. The summed E-state index contributed by atoms with van der Waals surface area (Å²) in [6.45, 7) is 4.67. The molecule has 1 rings (SSSR count). The van der Waals surface area contributed by atoms with Gasteiger partial charge in [-0.1, -0.05) is 33.1 Å². The molecule has 0 aromatic carbocycles. The monoisotopic (exact) mass is 312 g/mol. The number of nitrogens with one attached hydrogen (secondary N) is 1. The molecule has 6 heteroatoms. The van der Waals surface area contributed by atoms with Gasteiger partial charge in [-0.3, -0.25) is 0 Å². The minimum absolute atomic E-state index is 0. The van der Waals surface area contributed by atoms with Gasteiger partial charge in [-0.2, -0.15) is 0 Å². The second kappa shape index (κ2) is 9.16. The lowest BCUT2D eigenvalue weighted by molar-refractivity contribution is 0.295. The van der Waals surface area contributed by atoms with Crippen molar-refractivity contribution in [2.24, 2.45) is 17.6 Å². The van der Waals surface area contributed by atoms with Crippen LogP contribution in [0, 0.1) is 11.8 Å². The van der Waals surface area contributed by atoms with Crippen LogP contribution in [-0.2, 0) is 10.0 Å². The van der Waals surface area contributed by atoms with Gasteiger partial charge in [0.1, 0.15) is 0 Å². The fraction of sp³-hybridized carbons (Fsp3) is 1.00. The topological polar surface area (TPSA) is 72.2 Å². The molecule has 0 saturated heterocycles. The number of rotatable bonds is 7. The zero-order valence-electron chi connectivity index (χ0n) is 12.1. The van der Waals surface area contributed by atoms with Crippen LogP contribution in [-0.4, -0.2) is 26.8 Å². The maximum Gasteiger partial charge on any atom is 0.212 e. The molecule has 19 heavy (non-hydrogen) atoms. The summed E-state index contributed by atoms with van der Waals surface area (Å²) in [7, 11) is -3.15. The van der Waals surface area contributed by atoms with E-state index in [0.717, 1.165) is 32.1 Å². The van der Waals surface area contributed by atoms with Crippen molar-refractivity contribution in [3.63, 3.8) is 0 Å². The van der Waals surface area contributed by atoms with E-state index in [0.29, 0.717) is 12.5 Å². The molecule has 1 aliphatic carbocycles. The fourth-order valence-electron chi connectivity index (χ4n) is 2.87. The second-order valence-electron chi connectivity index (χ2n) is 5.68. The van der Waals surface area contributed by atoms with Crippen molar-refractivity contribution < 1.29 is 8.42 Å². The number of halogens is 1. The van der Waals surface area contributed by atoms with Crippen LogP contribution in [0.3, 0.4) is 0 Å². The molecule has 3 atom stereocenters. The molecule has 116 valence electrons. The predicted molar refractivity (Wildman–Crippen MR) is 83.0 cm³/mol. The van der Waals surface area contributed by atoms with Gasteiger partial charge in [0, 0.05) is 6.04 Å². The third-order valence-electron chi connectivity index (χ3n) is 3.83. The van der Waals surface area contributed by atoms with E-state index in [9.17, 15) is 8.42 Å². The van der Waals surface area contributed by atoms with E-state index in [-0.39, 0.29) is 30.1 Å². The van der Waals surface area contributed by atoms with Crippen LogP contribution in [0.25, 0.3) is 0 Å². The van der Waals surface area contributed by atoms with Crippen molar-refractivity contribution in [3.8, 4) is 0 Å². The highest BCUT2D eigenvalue weighted by molar-refractivity contribution is 7.89. The largest absolute Gasteiger partial charge is 0.330 e. The van der Waals surface area contributed by atoms with Crippen molar-refractivity contribution in [1.29, 1.82) is 0 Å². The van der Waals surface area contributed by atoms with Gasteiger partial charge in [-0.25, -0.2) is 13.1 Å². The van der Waals surface area contributed by atoms with Crippen LogP contribution in [0.4, 0.5) is 0 Å². The molecule has 3 unspecified atom stereocenters. The van der Waals surface area contributed by atoms with E-state index in [1.165, 1.54) is 6.42 Å². The van der Waals surface area contributed by atoms with Crippen LogP contribution < -0.4 is 10.5 Å². The molecule has 0 aromatic rings. The van der Waals surface area contributed by atoms with Gasteiger partial charge in [-0.05, 0) is 37.6 Å². The minimum atomic E-state index is -3.15. The lowest BCUT2D eigenvalue weighted by Crippen LogP contribution is -2.46. The van der Waals surface area contributed by atoms with Gasteiger partial charge in [0.15, 0.2) is 0 Å². The van der Waals surface area contributed by atoms with Gasteiger partial charge in [-0.15, -0.1) is 12.4 Å². The summed E-state index contributed by atoms with van der Waals surface area (Å²) in [5, 5.41) is 0. The van der Waals surface area contributed by atoms with Gasteiger partial charge in [0.2, 0.25) is 10.0 Å². The van der Waals surface area contributed by atoms with Crippen LogP contribution in [0.2, 0.25) is 0 Å². The van der Waals surface area contributed by atoms with Crippen molar-refractivity contribution in [2.75, 3.05) is 12.3 Å². The second-order valence-corrected chi connectivity index (χ2v) is 7.48. The Morgan fingerprint density at radius 1 is 1.32 bits per heavy atom. The smallest absolute Gasteiger partial charge is 0.212 e. The quantitative estimate of drug-likeness (QED) is 0.757. The van der Waals surface area contributed by atoms with Gasteiger partial charge in [0.25, 0.3) is 0 Å². The molecule has 1 saturated carbocycles. The molecular formula is C13H29ClN2O2S. The summed E-state index contributed by atoms with van der Waals surface area (Å²) < 4.78 is 27.1. The fourth-order valence-corrected chi connectivity index (χ4v) is 4.66. The standard InChI is InChI=1S/C13H28N2O2S.ClH/c1-3-6-11(2)10-18(16,17)15-13-8-5-4-7-12(13)9-14;/h11-13,15H,3-10,14H2,1-2H3;1H. The molecule has 0 aliphatic heterocycles. The van der Waals surface area contributed by atoms with Crippen molar-refractivity contribution in [3.05, 3.63) is 0 Å². The van der Waals surface area contributed by atoms with E-state index >= 15 is 0 Å². The summed E-state index contributed by atoms with van der Waals surface area (Å²) in [5.74, 6) is 0.789.